The lowest BCUT2D eigenvalue weighted by molar-refractivity contribution is 0.102. The van der Waals surface area contributed by atoms with Gasteiger partial charge in [0.2, 0.25) is 0 Å². The molecule has 5 heteroatoms. The molecule has 132 valence electrons. The third-order valence-corrected chi connectivity index (χ3v) is 4.13. The molecule has 0 bridgehead atoms. The van der Waals surface area contributed by atoms with Gasteiger partial charge in [-0.25, -0.2) is 0 Å². The number of aryl methyl sites for hydroxylation is 3. The highest BCUT2D eigenvalue weighted by molar-refractivity contribution is 6.03. The molecule has 26 heavy (non-hydrogen) atoms. The summed E-state index contributed by atoms with van der Waals surface area (Å²) in [4.78, 5) is 12.5. The Morgan fingerprint density at radius 1 is 0.923 bits per heavy atom. The molecular weight excluding hydrogens is 324 g/mol. The minimum Gasteiger partial charge on any atom is -0.365 e. The Labute approximate surface area is 153 Å². The van der Waals surface area contributed by atoms with Crippen molar-refractivity contribution >= 4 is 17.4 Å². The summed E-state index contributed by atoms with van der Waals surface area (Å²) in [6.45, 7) is 6.66. The van der Waals surface area contributed by atoms with Gasteiger partial charge in [0.1, 0.15) is 5.82 Å². The largest absolute Gasteiger partial charge is 0.365 e. The zero-order valence-corrected chi connectivity index (χ0v) is 15.2. The lowest BCUT2D eigenvalue weighted by atomic mass is 10.1. The summed E-state index contributed by atoms with van der Waals surface area (Å²) in [5, 5.41) is 14.3. The topological polar surface area (TPSA) is 66.9 Å². The molecule has 0 spiro atoms. The van der Waals surface area contributed by atoms with Crippen molar-refractivity contribution in [1.29, 1.82) is 0 Å². The van der Waals surface area contributed by atoms with Gasteiger partial charge in [0, 0.05) is 12.2 Å². The summed E-state index contributed by atoms with van der Waals surface area (Å²) in [5.41, 5.74) is 5.51. The molecule has 1 aromatic heterocycles. The maximum atomic E-state index is 12.5. The van der Waals surface area contributed by atoms with Crippen LogP contribution in [-0.4, -0.2) is 16.1 Å². The number of carbonyl (C=O) groups is 1. The Bertz CT molecular complexity index is 882. The lowest BCUT2D eigenvalue weighted by Crippen LogP contribution is -2.16. The maximum absolute atomic E-state index is 12.5. The zero-order chi connectivity index (χ0) is 18.5. The highest BCUT2D eigenvalue weighted by Gasteiger charge is 2.12. The van der Waals surface area contributed by atoms with Crippen molar-refractivity contribution in [1.82, 2.24) is 10.2 Å². The lowest BCUT2D eigenvalue weighted by Gasteiger charge is -2.12. The summed E-state index contributed by atoms with van der Waals surface area (Å²) < 4.78 is 0. The molecule has 0 unspecified atom stereocenters. The average molecular weight is 346 g/mol. The SMILES string of the molecule is Cc1cc(C)c(NC(=O)c2ccc(NCc3ccccc3)nn2)c(C)c1. The van der Waals surface area contributed by atoms with E-state index in [1.807, 2.05) is 63.2 Å². The third-order valence-electron chi connectivity index (χ3n) is 4.13. The van der Waals surface area contributed by atoms with E-state index >= 15 is 0 Å². The number of anilines is 2. The standard InChI is InChI=1S/C21H22N4O/c1-14-11-15(2)20(16(3)12-14)23-21(26)18-9-10-19(25-24-18)22-13-17-7-5-4-6-8-17/h4-12H,13H2,1-3H3,(H,22,25)(H,23,26). The third kappa shape index (κ3) is 4.25. The van der Waals surface area contributed by atoms with Crippen molar-refractivity contribution in [2.24, 2.45) is 0 Å². The van der Waals surface area contributed by atoms with E-state index in [1.54, 1.807) is 12.1 Å². The molecule has 1 amide bonds. The normalized spacial score (nSPS) is 10.4. The molecule has 1 heterocycles. The van der Waals surface area contributed by atoms with Gasteiger partial charge in [0.05, 0.1) is 0 Å². The minimum absolute atomic E-state index is 0.262. The van der Waals surface area contributed by atoms with Gasteiger partial charge in [-0.1, -0.05) is 48.0 Å². The van der Waals surface area contributed by atoms with Crippen molar-refractivity contribution in [3.63, 3.8) is 0 Å². The second-order valence-corrected chi connectivity index (χ2v) is 6.37. The first-order valence-electron chi connectivity index (χ1n) is 8.53. The van der Waals surface area contributed by atoms with E-state index in [-0.39, 0.29) is 11.6 Å². The van der Waals surface area contributed by atoms with E-state index in [1.165, 1.54) is 5.56 Å². The molecule has 3 aromatic rings. The van der Waals surface area contributed by atoms with Gasteiger partial charge < -0.3 is 10.6 Å². The summed E-state index contributed by atoms with van der Waals surface area (Å²) in [6.07, 6.45) is 0. The van der Waals surface area contributed by atoms with Crippen molar-refractivity contribution in [3.05, 3.63) is 82.5 Å². The Hall–Kier alpha value is -3.21. The number of nitrogens with zero attached hydrogens (tertiary/aromatic N) is 2. The molecule has 5 nitrogen and oxygen atoms in total. The number of amides is 1. The van der Waals surface area contributed by atoms with E-state index < -0.39 is 0 Å². The van der Waals surface area contributed by atoms with Crippen LogP contribution >= 0.6 is 0 Å². The van der Waals surface area contributed by atoms with Gasteiger partial charge in [-0.2, -0.15) is 0 Å². The number of rotatable bonds is 5. The molecule has 0 aliphatic carbocycles. The van der Waals surface area contributed by atoms with Crippen LogP contribution in [0.1, 0.15) is 32.7 Å². The van der Waals surface area contributed by atoms with E-state index in [4.69, 9.17) is 0 Å². The predicted octanol–water partition coefficient (Wildman–Crippen LogP) is 4.27. The molecule has 0 fully saturated rings. The van der Waals surface area contributed by atoms with Crippen LogP contribution in [-0.2, 0) is 6.54 Å². The van der Waals surface area contributed by atoms with Gasteiger partial charge in [-0.05, 0) is 49.6 Å². The monoisotopic (exact) mass is 346 g/mol. The molecule has 0 atom stereocenters. The summed E-state index contributed by atoms with van der Waals surface area (Å²) >= 11 is 0. The quantitative estimate of drug-likeness (QED) is 0.724. The Morgan fingerprint density at radius 2 is 1.62 bits per heavy atom. The molecule has 0 saturated heterocycles. The first-order chi connectivity index (χ1) is 12.5. The van der Waals surface area contributed by atoms with Gasteiger partial charge >= 0.3 is 0 Å². The van der Waals surface area contributed by atoms with Crippen LogP contribution in [0, 0.1) is 20.8 Å². The van der Waals surface area contributed by atoms with Crippen molar-refractivity contribution < 1.29 is 4.79 Å². The van der Waals surface area contributed by atoms with Gasteiger partial charge in [-0.15, -0.1) is 10.2 Å². The number of hydrogen-bond donors (Lipinski definition) is 2. The fourth-order valence-corrected chi connectivity index (χ4v) is 2.89. The molecule has 0 aliphatic rings. The highest BCUT2D eigenvalue weighted by Crippen LogP contribution is 2.22. The van der Waals surface area contributed by atoms with Crippen LogP contribution in [0.4, 0.5) is 11.5 Å². The molecule has 2 aromatic carbocycles. The molecule has 2 N–H and O–H groups in total. The van der Waals surface area contributed by atoms with Crippen molar-refractivity contribution in [2.45, 2.75) is 27.3 Å². The molecule has 0 radical (unpaired) electrons. The minimum atomic E-state index is -0.262. The predicted molar refractivity (Wildman–Crippen MR) is 104 cm³/mol. The van der Waals surface area contributed by atoms with Crippen LogP contribution in [0.15, 0.2) is 54.6 Å². The zero-order valence-electron chi connectivity index (χ0n) is 15.2. The maximum Gasteiger partial charge on any atom is 0.276 e. The number of aromatic nitrogens is 2. The fraction of sp³-hybridized carbons (Fsp3) is 0.190. The summed E-state index contributed by atoms with van der Waals surface area (Å²) in [5.74, 6) is 0.371. The van der Waals surface area contributed by atoms with Crippen molar-refractivity contribution in [2.75, 3.05) is 10.6 Å². The van der Waals surface area contributed by atoms with E-state index in [0.717, 1.165) is 22.4 Å². The van der Waals surface area contributed by atoms with Gasteiger partial charge in [0.25, 0.3) is 5.91 Å². The molecule has 3 rings (SSSR count). The van der Waals surface area contributed by atoms with Crippen LogP contribution in [0.3, 0.4) is 0 Å². The number of hydrogen-bond acceptors (Lipinski definition) is 4. The fourth-order valence-electron chi connectivity index (χ4n) is 2.89. The van der Waals surface area contributed by atoms with Gasteiger partial charge in [-0.3, -0.25) is 4.79 Å². The van der Waals surface area contributed by atoms with E-state index in [2.05, 4.69) is 20.8 Å². The van der Waals surface area contributed by atoms with Crippen LogP contribution in [0.25, 0.3) is 0 Å². The Balaban J connectivity index is 1.66. The average Bonchev–Trinajstić information content (AvgIpc) is 2.64. The van der Waals surface area contributed by atoms with Crippen molar-refractivity contribution in [3.8, 4) is 0 Å². The van der Waals surface area contributed by atoms with E-state index in [9.17, 15) is 4.79 Å². The molecule has 0 aliphatic heterocycles. The molecular formula is C21H22N4O. The second-order valence-electron chi connectivity index (χ2n) is 6.37. The van der Waals surface area contributed by atoms with E-state index in [0.29, 0.717) is 12.4 Å². The highest BCUT2D eigenvalue weighted by atomic mass is 16.1. The first kappa shape index (κ1) is 17.6. The molecule has 0 saturated carbocycles. The Kier molecular flexibility index (Phi) is 5.27. The van der Waals surface area contributed by atoms with Crippen LogP contribution in [0.5, 0.6) is 0 Å². The number of nitrogens with one attached hydrogen (secondary N) is 2. The number of carbonyl (C=O) groups excluding carboxylic acids is 1. The Morgan fingerprint density at radius 3 is 2.23 bits per heavy atom. The number of benzene rings is 2. The van der Waals surface area contributed by atoms with Crippen LogP contribution < -0.4 is 10.6 Å². The smallest absolute Gasteiger partial charge is 0.276 e. The second kappa shape index (κ2) is 7.78. The first-order valence-corrected chi connectivity index (χ1v) is 8.53. The van der Waals surface area contributed by atoms with Crippen LogP contribution in [0.2, 0.25) is 0 Å². The van der Waals surface area contributed by atoms with Gasteiger partial charge in [0.15, 0.2) is 5.69 Å². The summed E-state index contributed by atoms with van der Waals surface area (Å²) in [7, 11) is 0. The summed E-state index contributed by atoms with van der Waals surface area (Å²) in [6, 6.07) is 17.6.